The first-order valence-electron chi connectivity index (χ1n) is 9.35. The van der Waals surface area contributed by atoms with E-state index in [0.717, 1.165) is 0 Å². The summed E-state index contributed by atoms with van der Waals surface area (Å²) in [6.07, 6.45) is 1.33. The zero-order chi connectivity index (χ0) is 22.9. The molecule has 0 aliphatic carbocycles. The highest BCUT2D eigenvalue weighted by molar-refractivity contribution is 6.31. The number of ether oxygens (including phenoxy) is 1. The van der Waals surface area contributed by atoms with Crippen LogP contribution in [0.2, 0.25) is 10.0 Å². The average Bonchev–Trinajstić information content (AvgIpc) is 2.79. The first kappa shape index (κ1) is 23.0. The minimum absolute atomic E-state index is 0.264. The first-order chi connectivity index (χ1) is 15.4. The van der Waals surface area contributed by atoms with Gasteiger partial charge in [0.15, 0.2) is 0 Å². The van der Waals surface area contributed by atoms with E-state index in [-0.39, 0.29) is 12.3 Å². The molecule has 0 aliphatic rings. The SMILES string of the molecule is O=C(CNC(=O)c1cccc(Cl)c1)N/N=C/c1ccccc1OC(=O)c1ccc(Cl)cc1. The molecule has 0 saturated heterocycles. The van der Waals surface area contributed by atoms with Crippen molar-refractivity contribution in [1.29, 1.82) is 0 Å². The largest absolute Gasteiger partial charge is 0.422 e. The van der Waals surface area contributed by atoms with Crippen molar-refractivity contribution in [3.63, 3.8) is 0 Å². The number of para-hydroxylation sites is 1. The van der Waals surface area contributed by atoms with Crippen molar-refractivity contribution in [2.75, 3.05) is 6.54 Å². The summed E-state index contributed by atoms with van der Waals surface area (Å²) < 4.78 is 5.41. The first-order valence-corrected chi connectivity index (χ1v) is 10.1. The second-order valence-corrected chi connectivity index (χ2v) is 7.29. The van der Waals surface area contributed by atoms with Gasteiger partial charge in [-0.05, 0) is 54.6 Å². The molecule has 2 amide bonds. The maximum atomic E-state index is 12.3. The number of rotatable bonds is 7. The Morgan fingerprint density at radius 1 is 0.875 bits per heavy atom. The summed E-state index contributed by atoms with van der Waals surface area (Å²) >= 11 is 11.7. The van der Waals surface area contributed by atoms with E-state index in [0.29, 0.717) is 26.7 Å². The molecule has 0 atom stereocenters. The van der Waals surface area contributed by atoms with Crippen LogP contribution in [0.1, 0.15) is 26.3 Å². The molecule has 32 heavy (non-hydrogen) atoms. The van der Waals surface area contributed by atoms with E-state index in [4.69, 9.17) is 27.9 Å². The number of amides is 2. The number of hydrogen-bond acceptors (Lipinski definition) is 5. The molecule has 0 saturated carbocycles. The fourth-order valence-electron chi connectivity index (χ4n) is 2.53. The van der Waals surface area contributed by atoms with E-state index < -0.39 is 17.8 Å². The molecule has 7 nitrogen and oxygen atoms in total. The molecule has 3 aromatic carbocycles. The van der Waals surface area contributed by atoms with Crippen molar-refractivity contribution in [3.05, 3.63) is 99.5 Å². The molecule has 0 heterocycles. The summed E-state index contributed by atoms with van der Waals surface area (Å²) in [5.41, 5.74) is 3.45. The van der Waals surface area contributed by atoms with Crippen LogP contribution >= 0.6 is 23.2 Å². The topological polar surface area (TPSA) is 96.9 Å². The highest BCUT2D eigenvalue weighted by atomic mass is 35.5. The van der Waals surface area contributed by atoms with Gasteiger partial charge in [-0.1, -0.05) is 41.4 Å². The summed E-state index contributed by atoms with van der Waals surface area (Å²) in [6, 6.07) is 19.3. The zero-order valence-electron chi connectivity index (χ0n) is 16.5. The fraction of sp³-hybridized carbons (Fsp3) is 0.0435. The van der Waals surface area contributed by atoms with Crippen LogP contribution in [0.25, 0.3) is 0 Å². The number of benzene rings is 3. The van der Waals surface area contributed by atoms with Crippen LogP contribution in [0.4, 0.5) is 0 Å². The number of nitrogens with zero attached hydrogens (tertiary/aromatic N) is 1. The molecule has 0 fully saturated rings. The highest BCUT2D eigenvalue weighted by Crippen LogP contribution is 2.18. The van der Waals surface area contributed by atoms with Gasteiger partial charge in [0, 0.05) is 21.2 Å². The standard InChI is InChI=1S/C23H17Cl2N3O4/c24-18-10-8-15(9-11-18)23(31)32-20-7-2-1-4-17(20)13-27-28-21(29)14-26-22(30)16-5-3-6-19(25)12-16/h1-13H,14H2,(H,26,30)(H,28,29)/b27-13+. The Kier molecular flexibility index (Phi) is 7.96. The van der Waals surface area contributed by atoms with Crippen molar-refractivity contribution >= 4 is 47.2 Å². The lowest BCUT2D eigenvalue weighted by Gasteiger charge is -2.07. The number of halogens is 2. The Morgan fingerprint density at radius 3 is 2.38 bits per heavy atom. The smallest absolute Gasteiger partial charge is 0.343 e. The lowest BCUT2D eigenvalue weighted by Crippen LogP contribution is -2.34. The lowest BCUT2D eigenvalue weighted by atomic mass is 10.2. The highest BCUT2D eigenvalue weighted by Gasteiger charge is 2.11. The minimum atomic E-state index is -0.560. The predicted molar refractivity (Wildman–Crippen MR) is 122 cm³/mol. The third kappa shape index (κ3) is 6.66. The molecule has 3 rings (SSSR count). The molecule has 0 radical (unpaired) electrons. The molecule has 162 valence electrons. The quantitative estimate of drug-likeness (QED) is 0.235. The maximum Gasteiger partial charge on any atom is 0.343 e. The van der Waals surface area contributed by atoms with E-state index in [1.54, 1.807) is 66.7 Å². The number of nitrogens with one attached hydrogen (secondary N) is 2. The van der Waals surface area contributed by atoms with E-state index in [2.05, 4.69) is 15.8 Å². The second kappa shape index (κ2) is 11.1. The molecule has 0 aromatic heterocycles. The van der Waals surface area contributed by atoms with Gasteiger partial charge in [-0.25, -0.2) is 10.2 Å². The third-order valence-electron chi connectivity index (χ3n) is 4.09. The van der Waals surface area contributed by atoms with Gasteiger partial charge < -0.3 is 10.1 Å². The normalized spacial score (nSPS) is 10.6. The summed E-state index contributed by atoms with van der Waals surface area (Å²) in [5, 5.41) is 7.25. The van der Waals surface area contributed by atoms with E-state index >= 15 is 0 Å². The van der Waals surface area contributed by atoms with Crippen molar-refractivity contribution in [1.82, 2.24) is 10.7 Å². The van der Waals surface area contributed by atoms with Gasteiger partial charge >= 0.3 is 5.97 Å². The Labute approximate surface area is 194 Å². The van der Waals surface area contributed by atoms with Gasteiger partial charge in [-0.3, -0.25) is 9.59 Å². The molecule has 2 N–H and O–H groups in total. The fourth-order valence-corrected chi connectivity index (χ4v) is 2.85. The van der Waals surface area contributed by atoms with E-state index in [9.17, 15) is 14.4 Å². The van der Waals surface area contributed by atoms with Gasteiger partial charge in [-0.15, -0.1) is 0 Å². The molecular formula is C23H17Cl2N3O4. The number of esters is 1. The van der Waals surface area contributed by atoms with Crippen molar-refractivity contribution in [3.8, 4) is 5.75 Å². The lowest BCUT2D eigenvalue weighted by molar-refractivity contribution is -0.120. The van der Waals surface area contributed by atoms with Gasteiger partial charge in [-0.2, -0.15) is 5.10 Å². The molecule has 9 heteroatoms. The predicted octanol–water partition coefficient (Wildman–Crippen LogP) is 4.09. The Balaban J connectivity index is 1.55. The Bertz CT molecular complexity index is 1160. The van der Waals surface area contributed by atoms with Crippen LogP contribution < -0.4 is 15.5 Å². The number of carbonyl (C=O) groups is 3. The summed E-state index contributed by atoms with van der Waals surface area (Å²) in [7, 11) is 0. The molecule has 0 bridgehead atoms. The van der Waals surface area contributed by atoms with Gasteiger partial charge in [0.25, 0.3) is 11.8 Å². The molecular weight excluding hydrogens is 453 g/mol. The van der Waals surface area contributed by atoms with Crippen molar-refractivity contribution < 1.29 is 19.1 Å². The van der Waals surface area contributed by atoms with Crippen LogP contribution in [0, 0.1) is 0 Å². The monoisotopic (exact) mass is 469 g/mol. The van der Waals surface area contributed by atoms with Crippen LogP contribution in [0.5, 0.6) is 5.75 Å². The Hall–Kier alpha value is -3.68. The summed E-state index contributed by atoms with van der Waals surface area (Å²) in [4.78, 5) is 36.3. The molecule has 0 unspecified atom stereocenters. The van der Waals surface area contributed by atoms with Crippen molar-refractivity contribution in [2.45, 2.75) is 0 Å². The van der Waals surface area contributed by atoms with Gasteiger partial charge in [0.2, 0.25) is 0 Å². The van der Waals surface area contributed by atoms with Gasteiger partial charge in [0.1, 0.15) is 5.75 Å². The number of carbonyl (C=O) groups excluding carboxylic acids is 3. The molecule has 0 aliphatic heterocycles. The summed E-state index contributed by atoms with van der Waals surface area (Å²) in [5.74, 6) is -1.27. The molecule has 0 spiro atoms. The second-order valence-electron chi connectivity index (χ2n) is 6.42. The molecule has 3 aromatic rings. The average molecular weight is 470 g/mol. The summed E-state index contributed by atoms with van der Waals surface area (Å²) in [6.45, 7) is -0.282. The van der Waals surface area contributed by atoms with Crippen LogP contribution in [0.3, 0.4) is 0 Å². The maximum absolute atomic E-state index is 12.3. The van der Waals surface area contributed by atoms with Crippen LogP contribution in [0.15, 0.2) is 77.9 Å². The van der Waals surface area contributed by atoms with E-state index in [1.807, 2.05) is 0 Å². The number of hydrazone groups is 1. The minimum Gasteiger partial charge on any atom is -0.422 e. The van der Waals surface area contributed by atoms with Gasteiger partial charge in [0.05, 0.1) is 18.3 Å². The van der Waals surface area contributed by atoms with Crippen LogP contribution in [-0.2, 0) is 4.79 Å². The zero-order valence-corrected chi connectivity index (χ0v) is 18.1. The third-order valence-corrected chi connectivity index (χ3v) is 4.58. The number of hydrogen-bond donors (Lipinski definition) is 2. The van der Waals surface area contributed by atoms with Crippen LogP contribution in [-0.4, -0.2) is 30.5 Å². The Morgan fingerprint density at radius 2 is 1.62 bits per heavy atom. The van der Waals surface area contributed by atoms with E-state index in [1.165, 1.54) is 12.3 Å². The van der Waals surface area contributed by atoms with Crippen molar-refractivity contribution in [2.24, 2.45) is 5.10 Å².